The fourth-order valence-corrected chi connectivity index (χ4v) is 2.64. The number of hydrogen-bond donors (Lipinski definition) is 1. The largest absolute Gasteiger partial charge is 0.392 e. The molecule has 1 N–H and O–H groups in total. The van der Waals surface area contributed by atoms with E-state index in [1.165, 1.54) is 12.8 Å². The SMILES string of the molecule is CCCC(C)N1CC(O)CC1CN(C)C. The van der Waals surface area contributed by atoms with Crippen molar-refractivity contribution in [1.29, 1.82) is 0 Å². The summed E-state index contributed by atoms with van der Waals surface area (Å²) < 4.78 is 0. The Labute approximate surface area is 94.1 Å². The van der Waals surface area contributed by atoms with E-state index in [1.54, 1.807) is 0 Å². The maximum atomic E-state index is 9.74. The number of β-amino-alcohol motifs (C(OH)–C–C–N with tert-alkyl or cyclic N) is 1. The molecular formula is C12H26N2O. The summed E-state index contributed by atoms with van der Waals surface area (Å²) in [6.45, 7) is 6.43. The molecule has 3 unspecified atom stereocenters. The summed E-state index contributed by atoms with van der Waals surface area (Å²) in [5.74, 6) is 0. The molecule has 0 amide bonds. The van der Waals surface area contributed by atoms with Crippen LogP contribution in [0.2, 0.25) is 0 Å². The summed E-state index contributed by atoms with van der Waals surface area (Å²) in [5, 5.41) is 9.74. The second kappa shape index (κ2) is 5.83. The van der Waals surface area contributed by atoms with Crippen molar-refractivity contribution in [3.05, 3.63) is 0 Å². The first kappa shape index (κ1) is 12.9. The zero-order valence-corrected chi connectivity index (χ0v) is 10.6. The van der Waals surface area contributed by atoms with Crippen LogP contribution in [0.15, 0.2) is 0 Å². The lowest BCUT2D eigenvalue weighted by Crippen LogP contribution is -2.42. The standard InChI is InChI=1S/C12H26N2O/c1-5-6-10(2)14-9-12(15)7-11(14)8-13(3)4/h10-12,15H,5-9H2,1-4H3. The molecule has 0 bridgehead atoms. The van der Waals surface area contributed by atoms with Crippen molar-refractivity contribution in [3.63, 3.8) is 0 Å². The van der Waals surface area contributed by atoms with Gasteiger partial charge in [-0.1, -0.05) is 13.3 Å². The van der Waals surface area contributed by atoms with Crippen LogP contribution in [0, 0.1) is 0 Å². The molecule has 0 saturated carbocycles. The minimum atomic E-state index is -0.116. The quantitative estimate of drug-likeness (QED) is 0.744. The van der Waals surface area contributed by atoms with Crippen LogP contribution in [0.1, 0.15) is 33.1 Å². The van der Waals surface area contributed by atoms with Crippen LogP contribution in [0.3, 0.4) is 0 Å². The second-order valence-corrected chi connectivity index (χ2v) is 5.14. The van der Waals surface area contributed by atoms with Gasteiger partial charge in [0, 0.05) is 25.2 Å². The Hall–Kier alpha value is -0.120. The highest BCUT2D eigenvalue weighted by Gasteiger charge is 2.33. The van der Waals surface area contributed by atoms with E-state index in [0.29, 0.717) is 12.1 Å². The van der Waals surface area contributed by atoms with Crippen molar-refractivity contribution in [2.24, 2.45) is 0 Å². The van der Waals surface area contributed by atoms with Crippen molar-refractivity contribution >= 4 is 0 Å². The molecule has 1 saturated heterocycles. The molecule has 1 fully saturated rings. The summed E-state index contributed by atoms with van der Waals surface area (Å²) in [6, 6.07) is 1.15. The molecule has 1 aliphatic heterocycles. The molecule has 0 radical (unpaired) electrons. The highest BCUT2D eigenvalue weighted by atomic mass is 16.3. The third kappa shape index (κ3) is 3.74. The van der Waals surface area contributed by atoms with Crippen LogP contribution in [0.5, 0.6) is 0 Å². The van der Waals surface area contributed by atoms with Gasteiger partial charge in [-0.25, -0.2) is 0 Å². The van der Waals surface area contributed by atoms with E-state index in [4.69, 9.17) is 0 Å². The van der Waals surface area contributed by atoms with E-state index in [0.717, 1.165) is 19.5 Å². The number of aliphatic hydroxyl groups is 1. The number of nitrogens with zero attached hydrogens (tertiary/aromatic N) is 2. The maximum Gasteiger partial charge on any atom is 0.0682 e. The Morgan fingerprint density at radius 1 is 1.47 bits per heavy atom. The van der Waals surface area contributed by atoms with E-state index in [1.807, 2.05) is 0 Å². The Morgan fingerprint density at radius 2 is 2.13 bits per heavy atom. The Balaban J connectivity index is 2.51. The molecule has 0 aromatic rings. The van der Waals surface area contributed by atoms with Crippen LogP contribution < -0.4 is 0 Å². The lowest BCUT2D eigenvalue weighted by Gasteiger charge is -2.31. The van der Waals surface area contributed by atoms with Gasteiger partial charge in [0.2, 0.25) is 0 Å². The van der Waals surface area contributed by atoms with Crippen molar-refractivity contribution in [3.8, 4) is 0 Å². The summed E-state index contributed by atoms with van der Waals surface area (Å²) in [4.78, 5) is 4.70. The first-order chi connectivity index (χ1) is 7.04. The summed E-state index contributed by atoms with van der Waals surface area (Å²) in [7, 11) is 4.21. The molecule has 1 aliphatic rings. The minimum absolute atomic E-state index is 0.116. The van der Waals surface area contributed by atoms with Crippen LogP contribution >= 0.6 is 0 Å². The van der Waals surface area contributed by atoms with Gasteiger partial charge in [-0.2, -0.15) is 0 Å². The smallest absolute Gasteiger partial charge is 0.0682 e. The normalized spacial score (nSPS) is 30.0. The van der Waals surface area contributed by atoms with Crippen molar-refractivity contribution in [1.82, 2.24) is 9.80 Å². The molecule has 3 heteroatoms. The van der Waals surface area contributed by atoms with Crippen LogP contribution in [-0.4, -0.2) is 60.3 Å². The molecule has 0 aliphatic carbocycles. The average Bonchev–Trinajstić information content (AvgIpc) is 2.46. The lowest BCUT2D eigenvalue weighted by molar-refractivity contribution is 0.138. The Kier molecular flexibility index (Phi) is 5.03. The Morgan fingerprint density at radius 3 is 2.67 bits per heavy atom. The van der Waals surface area contributed by atoms with Gasteiger partial charge in [-0.15, -0.1) is 0 Å². The van der Waals surface area contributed by atoms with E-state index in [2.05, 4.69) is 37.7 Å². The van der Waals surface area contributed by atoms with Gasteiger partial charge in [0.25, 0.3) is 0 Å². The van der Waals surface area contributed by atoms with E-state index < -0.39 is 0 Å². The Bertz CT molecular complexity index is 184. The van der Waals surface area contributed by atoms with E-state index >= 15 is 0 Å². The number of likely N-dealkylation sites (tertiary alicyclic amines) is 1. The topological polar surface area (TPSA) is 26.7 Å². The molecule has 1 rings (SSSR count). The minimum Gasteiger partial charge on any atom is -0.392 e. The van der Waals surface area contributed by atoms with Crippen molar-refractivity contribution < 1.29 is 5.11 Å². The second-order valence-electron chi connectivity index (χ2n) is 5.14. The average molecular weight is 214 g/mol. The van der Waals surface area contributed by atoms with Gasteiger partial charge < -0.3 is 10.0 Å². The van der Waals surface area contributed by atoms with Crippen molar-refractivity contribution in [2.75, 3.05) is 27.2 Å². The number of likely N-dealkylation sites (N-methyl/N-ethyl adjacent to an activating group) is 1. The summed E-state index contributed by atoms with van der Waals surface area (Å²) in [6.07, 6.45) is 3.28. The highest BCUT2D eigenvalue weighted by Crippen LogP contribution is 2.22. The van der Waals surface area contributed by atoms with E-state index in [9.17, 15) is 5.11 Å². The molecule has 3 nitrogen and oxygen atoms in total. The molecule has 15 heavy (non-hydrogen) atoms. The fourth-order valence-electron chi connectivity index (χ4n) is 2.64. The molecule has 1 heterocycles. The van der Waals surface area contributed by atoms with Gasteiger partial charge in [0.05, 0.1) is 6.10 Å². The first-order valence-electron chi connectivity index (χ1n) is 6.13. The van der Waals surface area contributed by atoms with Gasteiger partial charge in [0.15, 0.2) is 0 Å². The molecule has 90 valence electrons. The monoisotopic (exact) mass is 214 g/mol. The molecule has 0 aromatic heterocycles. The van der Waals surface area contributed by atoms with Crippen LogP contribution in [0.4, 0.5) is 0 Å². The third-order valence-electron chi connectivity index (χ3n) is 3.28. The number of rotatable bonds is 5. The molecule has 3 atom stereocenters. The lowest BCUT2D eigenvalue weighted by atomic mass is 10.1. The van der Waals surface area contributed by atoms with Gasteiger partial charge in [-0.3, -0.25) is 4.90 Å². The van der Waals surface area contributed by atoms with E-state index in [-0.39, 0.29) is 6.10 Å². The zero-order chi connectivity index (χ0) is 11.4. The number of aliphatic hydroxyl groups excluding tert-OH is 1. The van der Waals surface area contributed by atoms with Crippen LogP contribution in [0.25, 0.3) is 0 Å². The van der Waals surface area contributed by atoms with Gasteiger partial charge in [0.1, 0.15) is 0 Å². The predicted octanol–water partition coefficient (Wildman–Crippen LogP) is 1.17. The summed E-state index contributed by atoms with van der Waals surface area (Å²) >= 11 is 0. The highest BCUT2D eigenvalue weighted by molar-refractivity contribution is 4.89. The summed E-state index contributed by atoms with van der Waals surface area (Å²) in [5.41, 5.74) is 0. The molecule has 0 spiro atoms. The predicted molar refractivity (Wildman–Crippen MR) is 64.0 cm³/mol. The maximum absolute atomic E-state index is 9.74. The fraction of sp³-hybridized carbons (Fsp3) is 1.00. The third-order valence-corrected chi connectivity index (χ3v) is 3.28. The van der Waals surface area contributed by atoms with Gasteiger partial charge in [-0.05, 0) is 33.9 Å². The van der Waals surface area contributed by atoms with Gasteiger partial charge >= 0.3 is 0 Å². The number of hydrogen-bond acceptors (Lipinski definition) is 3. The van der Waals surface area contributed by atoms with Crippen LogP contribution in [-0.2, 0) is 0 Å². The first-order valence-corrected chi connectivity index (χ1v) is 6.13. The van der Waals surface area contributed by atoms with Crippen molar-refractivity contribution in [2.45, 2.75) is 51.3 Å². The molecule has 0 aromatic carbocycles. The zero-order valence-electron chi connectivity index (χ0n) is 10.6. The molecular weight excluding hydrogens is 188 g/mol.